The van der Waals surface area contributed by atoms with E-state index in [1.807, 2.05) is 16.8 Å². The minimum Gasteiger partial charge on any atom is -0.397 e. The number of hydrogen-bond donors (Lipinski definition) is 2. The molecule has 1 aliphatic rings. The van der Waals surface area contributed by atoms with Gasteiger partial charge < -0.3 is 21.1 Å². The molecule has 26 heavy (non-hydrogen) atoms. The Hall–Kier alpha value is -2.67. The van der Waals surface area contributed by atoms with Gasteiger partial charge in [-0.15, -0.1) is 11.3 Å². The van der Waals surface area contributed by atoms with Gasteiger partial charge in [-0.05, 0) is 22.4 Å². The summed E-state index contributed by atoms with van der Waals surface area (Å²) in [6, 6.07) is 4.03. The zero-order valence-corrected chi connectivity index (χ0v) is 15.3. The summed E-state index contributed by atoms with van der Waals surface area (Å²) in [4.78, 5) is 20.0. The van der Waals surface area contributed by atoms with Gasteiger partial charge in [-0.3, -0.25) is 4.79 Å². The van der Waals surface area contributed by atoms with Crippen LogP contribution in [0.15, 0.2) is 16.8 Å². The van der Waals surface area contributed by atoms with Crippen LogP contribution in [0.5, 0.6) is 0 Å². The molecule has 1 saturated heterocycles. The van der Waals surface area contributed by atoms with Crippen LogP contribution in [0.1, 0.15) is 15.2 Å². The van der Waals surface area contributed by atoms with Gasteiger partial charge in [0.15, 0.2) is 0 Å². The minimum atomic E-state index is -0.137. The first kappa shape index (κ1) is 16.8. The quantitative estimate of drug-likeness (QED) is 0.700. The number of ether oxygens (including phenoxy) is 1. The number of fused-ring (bicyclic) bond motifs is 1. The predicted molar refractivity (Wildman–Crippen MR) is 103 cm³/mol. The molecule has 4 N–H and O–H groups in total. The summed E-state index contributed by atoms with van der Waals surface area (Å²) in [6.07, 6.45) is 0. The molecule has 3 aromatic heterocycles. The first-order valence-corrected chi connectivity index (χ1v) is 9.69. The van der Waals surface area contributed by atoms with Gasteiger partial charge in [0.2, 0.25) is 0 Å². The Morgan fingerprint density at radius 3 is 2.77 bits per heavy atom. The molecule has 132 valence electrons. The lowest BCUT2D eigenvalue weighted by atomic mass is 9.99. The van der Waals surface area contributed by atoms with E-state index in [0.717, 1.165) is 5.56 Å². The molecular weight excluding hydrogens is 370 g/mol. The molecule has 7 nitrogen and oxygen atoms in total. The highest BCUT2D eigenvalue weighted by atomic mass is 32.1. The maximum absolute atomic E-state index is 12.9. The van der Waals surface area contributed by atoms with Crippen molar-refractivity contribution in [3.63, 3.8) is 0 Å². The Morgan fingerprint density at radius 2 is 2.12 bits per heavy atom. The SMILES string of the molecule is N#Cc1c(N)nc2sc(C(=O)N3CCOCC3)c(N)c2c1-c1ccsc1. The number of nitrogens with two attached hydrogens (primary N) is 2. The summed E-state index contributed by atoms with van der Waals surface area (Å²) in [7, 11) is 0. The number of thiophene rings is 2. The van der Waals surface area contributed by atoms with E-state index < -0.39 is 0 Å². The number of anilines is 2. The number of nitrogen functional groups attached to an aromatic ring is 2. The lowest BCUT2D eigenvalue weighted by Crippen LogP contribution is -2.40. The monoisotopic (exact) mass is 385 g/mol. The minimum absolute atomic E-state index is 0.137. The van der Waals surface area contributed by atoms with Crippen LogP contribution >= 0.6 is 22.7 Å². The van der Waals surface area contributed by atoms with Crippen molar-refractivity contribution >= 4 is 50.3 Å². The van der Waals surface area contributed by atoms with E-state index in [9.17, 15) is 10.1 Å². The summed E-state index contributed by atoms with van der Waals surface area (Å²) < 4.78 is 5.30. The lowest BCUT2D eigenvalue weighted by Gasteiger charge is -2.26. The fourth-order valence-corrected chi connectivity index (χ4v) is 4.77. The summed E-state index contributed by atoms with van der Waals surface area (Å²) in [6.45, 7) is 2.09. The van der Waals surface area contributed by atoms with Gasteiger partial charge in [0.25, 0.3) is 5.91 Å². The van der Waals surface area contributed by atoms with E-state index in [1.165, 1.54) is 22.7 Å². The third-order valence-corrected chi connectivity index (χ3v) is 6.09. The molecule has 0 saturated carbocycles. The number of nitrogens with zero attached hydrogens (tertiary/aromatic N) is 3. The lowest BCUT2D eigenvalue weighted by molar-refractivity contribution is 0.0307. The Bertz CT molecular complexity index is 1030. The molecule has 4 rings (SSSR count). The van der Waals surface area contributed by atoms with Crippen molar-refractivity contribution in [3.8, 4) is 17.2 Å². The van der Waals surface area contributed by atoms with E-state index in [-0.39, 0.29) is 17.3 Å². The maximum Gasteiger partial charge on any atom is 0.266 e. The van der Waals surface area contributed by atoms with Gasteiger partial charge in [-0.25, -0.2) is 4.98 Å². The summed E-state index contributed by atoms with van der Waals surface area (Å²) >= 11 is 2.73. The van der Waals surface area contributed by atoms with Crippen molar-refractivity contribution in [1.29, 1.82) is 5.26 Å². The number of amides is 1. The Kier molecular flexibility index (Phi) is 4.24. The molecule has 1 amide bonds. The average Bonchev–Trinajstić information content (AvgIpc) is 3.29. The molecule has 0 unspecified atom stereocenters. The fraction of sp³-hybridized carbons (Fsp3) is 0.235. The fourth-order valence-electron chi connectivity index (χ4n) is 3.05. The second-order valence-electron chi connectivity index (χ2n) is 5.80. The highest BCUT2D eigenvalue weighted by molar-refractivity contribution is 7.21. The van der Waals surface area contributed by atoms with E-state index in [2.05, 4.69) is 11.1 Å². The average molecular weight is 385 g/mol. The molecule has 0 spiro atoms. The first-order chi connectivity index (χ1) is 12.6. The molecule has 4 heterocycles. The summed E-state index contributed by atoms with van der Waals surface area (Å²) in [5.41, 5.74) is 14.5. The number of nitriles is 1. The molecule has 0 aromatic carbocycles. The molecule has 0 aliphatic carbocycles. The van der Waals surface area contributed by atoms with Crippen LogP contribution in [-0.4, -0.2) is 42.1 Å². The number of carbonyl (C=O) groups is 1. The number of aromatic nitrogens is 1. The smallest absolute Gasteiger partial charge is 0.266 e. The van der Waals surface area contributed by atoms with E-state index in [0.29, 0.717) is 52.6 Å². The molecule has 1 fully saturated rings. The normalized spacial score (nSPS) is 14.5. The number of pyridine rings is 1. The van der Waals surface area contributed by atoms with Crippen LogP contribution in [0.3, 0.4) is 0 Å². The molecule has 9 heteroatoms. The van der Waals surface area contributed by atoms with Crippen molar-refractivity contribution < 1.29 is 9.53 Å². The van der Waals surface area contributed by atoms with Gasteiger partial charge in [0, 0.05) is 24.0 Å². The van der Waals surface area contributed by atoms with Crippen molar-refractivity contribution in [2.75, 3.05) is 37.8 Å². The Balaban J connectivity index is 1.94. The molecule has 0 radical (unpaired) electrons. The number of carbonyl (C=O) groups excluding carboxylic acids is 1. The van der Waals surface area contributed by atoms with Crippen molar-refractivity contribution in [2.45, 2.75) is 0 Å². The van der Waals surface area contributed by atoms with Crippen molar-refractivity contribution in [2.24, 2.45) is 0 Å². The standard InChI is InChI=1S/C17H15N5O2S2/c18-7-10-11(9-1-6-25-8-9)12-13(19)14(26-16(12)21-15(10)20)17(23)22-2-4-24-5-3-22/h1,6,8H,2-5,19H2,(H2,20,21). The van der Waals surface area contributed by atoms with E-state index in [1.54, 1.807) is 4.90 Å². The van der Waals surface area contributed by atoms with Crippen LogP contribution in [-0.2, 0) is 4.74 Å². The van der Waals surface area contributed by atoms with Crippen LogP contribution in [0.25, 0.3) is 21.3 Å². The Morgan fingerprint density at radius 1 is 1.35 bits per heavy atom. The Labute approximate surface area is 157 Å². The molecule has 3 aromatic rings. The third-order valence-electron chi connectivity index (χ3n) is 4.32. The van der Waals surface area contributed by atoms with Gasteiger partial charge in [-0.2, -0.15) is 16.6 Å². The topological polar surface area (TPSA) is 118 Å². The maximum atomic E-state index is 12.9. The van der Waals surface area contributed by atoms with Crippen LogP contribution in [0.2, 0.25) is 0 Å². The zero-order valence-electron chi connectivity index (χ0n) is 13.7. The highest BCUT2D eigenvalue weighted by Crippen LogP contribution is 2.43. The summed E-state index contributed by atoms with van der Waals surface area (Å²) in [5, 5.41) is 14.0. The van der Waals surface area contributed by atoms with Crippen molar-refractivity contribution in [3.05, 3.63) is 27.3 Å². The van der Waals surface area contributed by atoms with Gasteiger partial charge >= 0.3 is 0 Å². The van der Waals surface area contributed by atoms with Crippen molar-refractivity contribution in [1.82, 2.24) is 9.88 Å². The molecular formula is C17H15N5O2S2. The van der Waals surface area contributed by atoms with Gasteiger partial charge in [0.05, 0.1) is 18.9 Å². The van der Waals surface area contributed by atoms with Gasteiger partial charge in [-0.1, -0.05) is 0 Å². The summed E-state index contributed by atoms with van der Waals surface area (Å²) in [5.74, 6) is 0.00923. The highest BCUT2D eigenvalue weighted by Gasteiger charge is 2.27. The number of rotatable bonds is 2. The molecule has 0 atom stereocenters. The second kappa shape index (κ2) is 6.57. The number of hydrogen-bond acceptors (Lipinski definition) is 8. The van der Waals surface area contributed by atoms with Crippen LogP contribution in [0.4, 0.5) is 11.5 Å². The molecule has 1 aliphatic heterocycles. The van der Waals surface area contributed by atoms with E-state index in [4.69, 9.17) is 16.2 Å². The third kappa shape index (κ3) is 2.59. The largest absolute Gasteiger partial charge is 0.397 e. The van der Waals surface area contributed by atoms with E-state index >= 15 is 0 Å². The van der Waals surface area contributed by atoms with Crippen LogP contribution < -0.4 is 11.5 Å². The molecule has 0 bridgehead atoms. The first-order valence-electron chi connectivity index (χ1n) is 7.93. The van der Waals surface area contributed by atoms with Gasteiger partial charge in [0.1, 0.15) is 27.2 Å². The van der Waals surface area contributed by atoms with Crippen LogP contribution in [0, 0.1) is 11.3 Å². The second-order valence-corrected chi connectivity index (χ2v) is 7.58. The number of morpholine rings is 1. The predicted octanol–water partition coefficient (Wildman–Crippen LogP) is 2.53. The zero-order chi connectivity index (χ0) is 18.3.